The number of carbonyl (C=O) groups is 4. The first kappa shape index (κ1) is 36.4. The maximum Gasteiger partial charge on any atom is 0.258 e. The van der Waals surface area contributed by atoms with Gasteiger partial charge in [0.2, 0.25) is 17.7 Å². The van der Waals surface area contributed by atoms with Crippen molar-refractivity contribution in [1.82, 2.24) is 26.4 Å². The first-order valence-corrected chi connectivity index (χ1v) is 18.7. The van der Waals surface area contributed by atoms with Crippen molar-refractivity contribution in [2.45, 2.75) is 123 Å². The molecule has 3 unspecified atom stereocenters. The van der Waals surface area contributed by atoms with Gasteiger partial charge < -0.3 is 20.4 Å². The maximum atomic E-state index is 13.6. The van der Waals surface area contributed by atoms with Crippen molar-refractivity contribution in [3.05, 3.63) is 41.5 Å². The van der Waals surface area contributed by atoms with E-state index in [-0.39, 0.29) is 40.8 Å². The Morgan fingerprint density at radius 2 is 1.62 bits per heavy atom. The summed E-state index contributed by atoms with van der Waals surface area (Å²) in [6, 6.07) is 5.56. The number of nitrogens with zero attached hydrogens (tertiary/aromatic N) is 1. The van der Waals surface area contributed by atoms with E-state index in [1.54, 1.807) is 6.92 Å². The van der Waals surface area contributed by atoms with Crippen molar-refractivity contribution in [3.8, 4) is 0 Å². The highest BCUT2D eigenvalue weighted by molar-refractivity contribution is 6.53. The van der Waals surface area contributed by atoms with E-state index in [4.69, 9.17) is 4.43 Å². The summed E-state index contributed by atoms with van der Waals surface area (Å²) < 4.78 is 6.64. The van der Waals surface area contributed by atoms with Crippen LogP contribution in [0.5, 0.6) is 0 Å². The van der Waals surface area contributed by atoms with Crippen LogP contribution < -0.4 is 21.4 Å². The molecule has 3 rings (SSSR count). The Morgan fingerprint density at radius 1 is 0.933 bits per heavy atom. The third kappa shape index (κ3) is 10.2. The minimum Gasteiger partial charge on any atom is -0.416 e. The number of nitrogens with one attached hydrogen (secondary N) is 4. The van der Waals surface area contributed by atoms with E-state index in [1.807, 2.05) is 45.9 Å². The molecule has 7 atom stereocenters. The number of hydrogen-bond acceptors (Lipinski definition) is 6. The molecule has 1 fully saturated rings. The molecular formula is C34H55N5O5Si. The molecule has 0 aliphatic carbocycles. The Hall–Kier alpha value is -3.02. The number of benzene rings is 1. The zero-order valence-electron chi connectivity index (χ0n) is 28.6. The number of fused-ring (bicyclic) bond motifs is 4. The van der Waals surface area contributed by atoms with Gasteiger partial charge in [-0.05, 0) is 74.2 Å². The van der Waals surface area contributed by atoms with Gasteiger partial charge in [-0.25, -0.2) is 5.43 Å². The monoisotopic (exact) mass is 641 g/mol. The minimum atomic E-state index is -1.67. The van der Waals surface area contributed by atoms with Crippen LogP contribution in [0.2, 0.25) is 11.6 Å². The van der Waals surface area contributed by atoms with Gasteiger partial charge >= 0.3 is 0 Å². The number of allylic oxidation sites excluding steroid dienone is 1. The van der Waals surface area contributed by atoms with Crippen molar-refractivity contribution in [2.75, 3.05) is 6.54 Å². The molecule has 4 amide bonds. The van der Waals surface area contributed by atoms with Crippen LogP contribution in [-0.4, -0.2) is 68.5 Å². The van der Waals surface area contributed by atoms with Gasteiger partial charge in [-0.3, -0.25) is 24.2 Å². The number of carbonyl (C=O) groups excluding carboxylic acids is 4. The van der Waals surface area contributed by atoms with E-state index >= 15 is 0 Å². The van der Waals surface area contributed by atoms with Crippen molar-refractivity contribution in [1.29, 1.82) is 0 Å². The average Bonchev–Trinajstić information content (AvgIpc) is 2.99. The lowest BCUT2D eigenvalue weighted by molar-refractivity contribution is -0.143. The highest BCUT2D eigenvalue weighted by Gasteiger charge is 2.35. The van der Waals surface area contributed by atoms with Crippen LogP contribution in [0.3, 0.4) is 0 Å². The summed E-state index contributed by atoms with van der Waals surface area (Å²) in [7, 11) is -1.67. The standard InChI is InChI=1S/C34H55N5O5Si/c1-21(2)29-32(42)36-24(5)33(43)39-19-13-17-27(38-39)31(41)35-23(4)26-16-12-15-25(20-26)14-10-11-18-28(22(3)30(40)37-29)44-45(9)34(6,7)8/h10,12,14-16,20-24,27-29,38,45H,11,13,17-19H2,1-9H3,(H,35,41)(H,36,42)(H,37,40)/b14-10+/t22-,23-,24?,27+,28-,29?,45?/m1/s1. The van der Waals surface area contributed by atoms with E-state index < -0.39 is 39.0 Å². The Bertz CT molecular complexity index is 1230. The molecule has 2 aliphatic rings. The van der Waals surface area contributed by atoms with Crippen LogP contribution in [0, 0.1) is 11.8 Å². The maximum absolute atomic E-state index is 13.6. The molecule has 45 heavy (non-hydrogen) atoms. The molecule has 2 heterocycles. The summed E-state index contributed by atoms with van der Waals surface area (Å²) in [5.41, 5.74) is 5.06. The summed E-state index contributed by atoms with van der Waals surface area (Å²) in [6.45, 7) is 18.3. The van der Waals surface area contributed by atoms with Crippen molar-refractivity contribution in [3.63, 3.8) is 0 Å². The molecule has 0 aromatic heterocycles. The molecule has 4 bridgehead atoms. The minimum absolute atomic E-state index is 0.0195. The summed E-state index contributed by atoms with van der Waals surface area (Å²) in [5, 5.41) is 10.3. The van der Waals surface area contributed by atoms with Gasteiger partial charge in [0, 0.05) is 6.54 Å². The number of rotatable bonds is 3. The SMILES string of the molecule is CC1NC(=O)C(C(C)C)NC(=O)[C@H](C)[C@H](O[SiH](C)C(C)(C)C)CC/C=C/c2cccc(c2)[C@@H](C)NC(=O)[C@@H]2CCCN(N2)C1=O. The smallest absolute Gasteiger partial charge is 0.258 e. The number of amides is 4. The van der Waals surface area contributed by atoms with E-state index in [0.29, 0.717) is 32.2 Å². The van der Waals surface area contributed by atoms with Gasteiger partial charge in [0.05, 0.1) is 18.1 Å². The fraction of sp³-hybridized carbons (Fsp3) is 0.647. The van der Waals surface area contributed by atoms with Gasteiger partial charge in [-0.1, -0.05) is 71.9 Å². The first-order chi connectivity index (χ1) is 21.1. The quantitative estimate of drug-likeness (QED) is 0.370. The van der Waals surface area contributed by atoms with Crippen LogP contribution in [0.4, 0.5) is 0 Å². The molecule has 0 spiro atoms. The molecule has 2 aliphatic heterocycles. The van der Waals surface area contributed by atoms with Gasteiger partial charge in [-0.15, -0.1) is 0 Å². The van der Waals surface area contributed by atoms with Crippen LogP contribution in [-0.2, 0) is 23.6 Å². The second-order valence-corrected chi connectivity index (χ2v) is 17.4. The van der Waals surface area contributed by atoms with Crippen LogP contribution >= 0.6 is 0 Å². The molecule has 1 aromatic rings. The van der Waals surface area contributed by atoms with Crippen LogP contribution in [0.15, 0.2) is 30.3 Å². The average molecular weight is 642 g/mol. The molecule has 250 valence electrons. The molecule has 10 nitrogen and oxygen atoms in total. The van der Waals surface area contributed by atoms with Crippen molar-refractivity contribution >= 4 is 38.7 Å². The summed E-state index contributed by atoms with van der Waals surface area (Å²) >= 11 is 0. The lowest BCUT2D eigenvalue weighted by atomic mass is 9.96. The van der Waals surface area contributed by atoms with E-state index in [1.165, 1.54) is 5.01 Å². The summed E-state index contributed by atoms with van der Waals surface area (Å²) in [4.78, 5) is 53.6. The van der Waals surface area contributed by atoms with Crippen molar-refractivity contribution < 1.29 is 23.6 Å². The topological polar surface area (TPSA) is 129 Å². The predicted molar refractivity (Wildman–Crippen MR) is 180 cm³/mol. The fourth-order valence-electron chi connectivity index (χ4n) is 5.43. The van der Waals surface area contributed by atoms with Crippen molar-refractivity contribution in [2.24, 2.45) is 11.8 Å². The third-order valence-corrected chi connectivity index (χ3v) is 12.2. The second-order valence-electron chi connectivity index (χ2n) is 14.1. The van der Waals surface area contributed by atoms with Gasteiger partial charge in [0.25, 0.3) is 5.91 Å². The second kappa shape index (κ2) is 16.0. The Morgan fingerprint density at radius 3 is 2.29 bits per heavy atom. The van der Waals surface area contributed by atoms with Gasteiger partial charge in [-0.2, -0.15) is 0 Å². The zero-order chi connectivity index (χ0) is 33.5. The number of hydrogen-bond donors (Lipinski definition) is 4. The highest BCUT2D eigenvalue weighted by atomic mass is 28.3. The molecule has 4 N–H and O–H groups in total. The largest absolute Gasteiger partial charge is 0.416 e. The normalized spacial score (nSPS) is 29.5. The molecule has 11 heteroatoms. The van der Waals surface area contributed by atoms with Crippen LogP contribution in [0.1, 0.15) is 98.2 Å². The summed E-state index contributed by atoms with van der Waals surface area (Å²) in [6.07, 6.45) is 6.44. The first-order valence-electron chi connectivity index (χ1n) is 16.5. The molecule has 1 saturated heterocycles. The Kier molecular flexibility index (Phi) is 13.0. The summed E-state index contributed by atoms with van der Waals surface area (Å²) in [5.74, 6) is -1.89. The Balaban J connectivity index is 1.93. The number of hydrazine groups is 1. The fourth-order valence-corrected chi connectivity index (χ4v) is 6.74. The Labute approximate surface area is 271 Å². The van der Waals surface area contributed by atoms with Crippen LogP contribution in [0.25, 0.3) is 6.08 Å². The third-order valence-electron chi connectivity index (χ3n) is 9.01. The molecular weight excluding hydrogens is 586 g/mol. The molecule has 0 radical (unpaired) electrons. The van der Waals surface area contributed by atoms with Gasteiger partial charge in [0.15, 0.2) is 9.04 Å². The lowest BCUT2D eigenvalue weighted by Gasteiger charge is -2.35. The molecule has 0 saturated carbocycles. The zero-order valence-corrected chi connectivity index (χ0v) is 29.8. The highest BCUT2D eigenvalue weighted by Crippen LogP contribution is 2.30. The van der Waals surface area contributed by atoms with E-state index in [9.17, 15) is 19.2 Å². The predicted octanol–water partition coefficient (Wildman–Crippen LogP) is 3.99. The van der Waals surface area contributed by atoms with E-state index in [2.05, 4.69) is 66.9 Å². The van der Waals surface area contributed by atoms with Gasteiger partial charge in [0.1, 0.15) is 18.1 Å². The molecule has 1 aromatic carbocycles. The lowest BCUT2D eigenvalue weighted by Crippen LogP contribution is -2.62. The van der Waals surface area contributed by atoms with E-state index in [0.717, 1.165) is 11.1 Å².